The van der Waals surface area contributed by atoms with Gasteiger partial charge < -0.3 is 14.9 Å². The molecule has 0 aromatic heterocycles. The molecule has 0 heterocycles. The lowest BCUT2D eigenvalue weighted by atomic mass is 9.44. The Labute approximate surface area is 176 Å². The molecule has 168 valence electrons. The van der Waals surface area contributed by atoms with E-state index in [-0.39, 0.29) is 53.5 Å². The average molecular weight is 442 g/mol. The first-order valence-electron chi connectivity index (χ1n) is 10.8. The molecule has 9 heteroatoms. The average Bonchev–Trinajstić information content (AvgIpc) is 2.91. The van der Waals surface area contributed by atoms with Crippen LogP contribution < -0.4 is 0 Å². The lowest BCUT2D eigenvalue weighted by molar-refractivity contribution is -0.178. The quantitative estimate of drug-likeness (QED) is 0.563. The van der Waals surface area contributed by atoms with Crippen molar-refractivity contribution in [2.45, 2.75) is 70.8 Å². The van der Waals surface area contributed by atoms with E-state index in [1.165, 1.54) is 0 Å². The summed E-state index contributed by atoms with van der Waals surface area (Å²) in [5.41, 5.74) is -3.04. The smallest absolute Gasteiger partial charge is 0.381 e. The highest BCUT2D eigenvalue weighted by molar-refractivity contribution is 7.46. The summed E-state index contributed by atoms with van der Waals surface area (Å²) in [7, 11) is -4.84. The lowest BCUT2D eigenvalue weighted by Crippen LogP contribution is -2.62. The third kappa shape index (κ3) is 3.18. The molecule has 4 saturated carbocycles. The summed E-state index contributed by atoms with van der Waals surface area (Å²) in [6.07, 6.45) is 4.24. The zero-order chi connectivity index (χ0) is 22.1. The Balaban J connectivity index is 1.62. The molecule has 30 heavy (non-hydrogen) atoms. The van der Waals surface area contributed by atoms with Crippen molar-refractivity contribution >= 4 is 25.2 Å². The first kappa shape index (κ1) is 22.3. The molecule has 4 fully saturated rings. The molecule has 0 saturated heterocycles. The molecule has 4 aliphatic rings. The number of phosphoric acid groups is 1. The Bertz CT molecular complexity index is 835. The maximum Gasteiger partial charge on any atom is 0.470 e. The number of carbonyl (C=O) groups is 3. The third-order valence-electron chi connectivity index (χ3n) is 9.15. The molecule has 7 atom stereocenters. The van der Waals surface area contributed by atoms with Gasteiger partial charge in [-0.25, -0.2) is 4.57 Å². The number of hydrogen-bond acceptors (Lipinski definition) is 6. The van der Waals surface area contributed by atoms with Crippen molar-refractivity contribution in [3.05, 3.63) is 0 Å². The van der Waals surface area contributed by atoms with Gasteiger partial charge in [-0.15, -0.1) is 0 Å². The van der Waals surface area contributed by atoms with Crippen LogP contribution in [0.1, 0.15) is 65.2 Å². The van der Waals surface area contributed by atoms with E-state index in [4.69, 9.17) is 9.79 Å². The van der Waals surface area contributed by atoms with E-state index in [0.717, 1.165) is 12.8 Å². The summed E-state index contributed by atoms with van der Waals surface area (Å²) in [4.78, 5) is 56.1. The van der Waals surface area contributed by atoms with Crippen LogP contribution in [-0.4, -0.2) is 44.5 Å². The number of fused-ring (bicyclic) bond motifs is 5. The van der Waals surface area contributed by atoms with Crippen molar-refractivity contribution in [2.75, 3.05) is 6.61 Å². The highest BCUT2D eigenvalue weighted by atomic mass is 31.2. The van der Waals surface area contributed by atoms with Gasteiger partial charge in [0.1, 0.15) is 23.8 Å². The molecule has 0 radical (unpaired) electrons. The molecule has 0 aromatic rings. The SMILES string of the molecule is C[C@]12CCC(=O)CC1CC[C@@H]1[C@@H]2C(=O)C[C@@]2(C)[C@H]1CC[C@]2(O)C(=O)COP(=O)(O)O. The standard InChI is InChI=1S/C21H31O8P/c1-19-7-5-13(22)9-12(19)3-4-14-15-6-8-21(25,17(24)11-29-30(26,27)28)20(15,2)10-16(23)18(14)19/h12,14-15,18,25H,3-11H2,1-2H3,(H2,26,27,28)/t12?,14-,15-,18+,19-,20-,21-/m0/s1. The molecule has 1 unspecified atom stereocenters. The Morgan fingerprint density at radius 2 is 1.87 bits per heavy atom. The minimum absolute atomic E-state index is 0.0281. The Morgan fingerprint density at radius 3 is 2.53 bits per heavy atom. The van der Waals surface area contributed by atoms with Crippen LogP contribution in [0, 0.1) is 34.5 Å². The Hall–Kier alpha value is -0.920. The number of Topliss-reactive ketones (excluding diaryl/α,β-unsaturated/α-hetero) is 3. The van der Waals surface area contributed by atoms with Gasteiger partial charge in [0, 0.05) is 30.6 Å². The van der Waals surface area contributed by atoms with Gasteiger partial charge >= 0.3 is 7.82 Å². The molecule has 3 N–H and O–H groups in total. The van der Waals surface area contributed by atoms with Crippen LogP contribution in [-0.2, 0) is 23.5 Å². The molecular weight excluding hydrogens is 411 g/mol. The van der Waals surface area contributed by atoms with Gasteiger partial charge in [-0.05, 0) is 55.3 Å². The molecule has 0 aliphatic heterocycles. The van der Waals surface area contributed by atoms with Gasteiger partial charge in [0.05, 0.1) is 0 Å². The molecule has 0 amide bonds. The van der Waals surface area contributed by atoms with E-state index in [9.17, 15) is 24.1 Å². The molecule has 4 aliphatic carbocycles. The fourth-order valence-corrected chi connectivity index (χ4v) is 7.87. The predicted molar refractivity (Wildman–Crippen MR) is 105 cm³/mol. The van der Waals surface area contributed by atoms with Crippen LogP contribution in [0.25, 0.3) is 0 Å². The zero-order valence-corrected chi connectivity index (χ0v) is 18.4. The first-order chi connectivity index (χ1) is 13.8. The minimum Gasteiger partial charge on any atom is -0.381 e. The monoisotopic (exact) mass is 442 g/mol. The number of phosphoric ester groups is 1. The number of aliphatic hydroxyl groups is 1. The van der Waals surface area contributed by atoms with Crippen LogP contribution >= 0.6 is 7.82 Å². The zero-order valence-electron chi connectivity index (χ0n) is 17.5. The first-order valence-corrected chi connectivity index (χ1v) is 12.3. The second kappa shape index (κ2) is 7.04. The topological polar surface area (TPSA) is 138 Å². The summed E-state index contributed by atoms with van der Waals surface area (Å²) in [5, 5.41) is 11.4. The normalized spacial score (nSPS) is 46.2. The Morgan fingerprint density at radius 1 is 1.17 bits per heavy atom. The number of hydrogen-bond donors (Lipinski definition) is 3. The third-order valence-corrected chi connectivity index (χ3v) is 9.61. The number of rotatable bonds is 4. The van der Waals surface area contributed by atoms with Gasteiger partial charge in [0.25, 0.3) is 0 Å². The van der Waals surface area contributed by atoms with Crippen molar-refractivity contribution in [1.82, 2.24) is 0 Å². The van der Waals surface area contributed by atoms with Crippen molar-refractivity contribution in [2.24, 2.45) is 34.5 Å². The van der Waals surface area contributed by atoms with E-state index in [2.05, 4.69) is 11.4 Å². The second-order valence-electron chi connectivity index (χ2n) is 10.4. The van der Waals surface area contributed by atoms with Gasteiger partial charge in [0.2, 0.25) is 0 Å². The summed E-state index contributed by atoms with van der Waals surface area (Å²) < 4.78 is 15.4. The molecular formula is C21H31O8P. The van der Waals surface area contributed by atoms with Crippen LogP contribution in [0.2, 0.25) is 0 Å². The summed E-state index contributed by atoms with van der Waals surface area (Å²) in [6, 6.07) is 0. The number of carbonyl (C=O) groups excluding carboxylic acids is 3. The van der Waals surface area contributed by atoms with Crippen molar-refractivity contribution in [3.8, 4) is 0 Å². The Kier molecular flexibility index (Phi) is 5.23. The highest BCUT2D eigenvalue weighted by Crippen LogP contribution is 2.67. The predicted octanol–water partition coefficient (Wildman–Crippen LogP) is 2.19. The summed E-state index contributed by atoms with van der Waals surface area (Å²) in [6.45, 7) is 3.03. The molecule has 0 spiro atoms. The van der Waals surface area contributed by atoms with Crippen LogP contribution in [0.4, 0.5) is 0 Å². The van der Waals surface area contributed by atoms with E-state index < -0.39 is 31.2 Å². The highest BCUT2D eigenvalue weighted by Gasteiger charge is 2.69. The maximum absolute atomic E-state index is 13.5. The van der Waals surface area contributed by atoms with Gasteiger partial charge in [-0.1, -0.05) is 13.8 Å². The fraction of sp³-hybridized carbons (Fsp3) is 0.857. The summed E-state index contributed by atoms with van der Waals surface area (Å²) >= 11 is 0. The van der Waals surface area contributed by atoms with Crippen LogP contribution in [0.3, 0.4) is 0 Å². The molecule has 0 bridgehead atoms. The van der Waals surface area contributed by atoms with Crippen molar-refractivity contribution in [3.63, 3.8) is 0 Å². The van der Waals surface area contributed by atoms with Gasteiger partial charge in [0.15, 0.2) is 5.78 Å². The lowest BCUT2D eigenvalue weighted by Gasteiger charge is -2.59. The van der Waals surface area contributed by atoms with Crippen molar-refractivity contribution < 1.29 is 38.4 Å². The maximum atomic E-state index is 13.5. The largest absolute Gasteiger partial charge is 0.470 e. The van der Waals surface area contributed by atoms with E-state index in [1.54, 1.807) is 6.92 Å². The van der Waals surface area contributed by atoms with E-state index in [1.807, 2.05) is 0 Å². The fourth-order valence-electron chi connectivity index (χ4n) is 7.58. The second-order valence-corrected chi connectivity index (χ2v) is 11.7. The molecule has 4 rings (SSSR count). The number of ketones is 3. The molecule has 8 nitrogen and oxygen atoms in total. The van der Waals surface area contributed by atoms with Crippen molar-refractivity contribution in [1.29, 1.82) is 0 Å². The van der Waals surface area contributed by atoms with Gasteiger partial charge in [-0.2, -0.15) is 0 Å². The van der Waals surface area contributed by atoms with E-state index in [0.29, 0.717) is 25.7 Å². The summed E-state index contributed by atoms with van der Waals surface area (Å²) in [5.74, 6) is -0.377. The van der Waals surface area contributed by atoms with Gasteiger partial charge in [-0.3, -0.25) is 18.9 Å². The van der Waals surface area contributed by atoms with Crippen LogP contribution in [0.5, 0.6) is 0 Å². The minimum atomic E-state index is -4.84. The molecule has 0 aromatic carbocycles. The van der Waals surface area contributed by atoms with Crippen LogP contribution in [0.15, 0.2) is 0 Å². The van der Waals surface area contributed by atoms with E-state index >= 15 is 0 Å².